The Kier molecular flexibility index (Phi) is 8.04. The van der Waals surface area contributed by atoms with E-state index in [0.29, 0.717) is 19.8 Å². The molecule has 0 amide bonds. The summed E-state index contributed by atoms with van der Waals surface area (Å²) in [5, 5.41) is 10.1. The zero-order valence-corrected chi connectivity index (χ0v) is 18.1. The second kappa shape index (κ2) is 11.4. The second-order valence-electron chi connectivity index (χ2n) is 8.21. The summed E-state index contributed by atoms with van der Waals surface area (Å²) >= 11 is 0. The van der Waals surface area contributed by atoms with Crippen molar-refractivity contribution in [3.63, 3.8) is 0 Å². The van der Waals surface area contributed by atoms with Gasteiger partial charge in [0.2, 0.25) is 0 Å². The van der Waals surface area contributed by atoms with Crippen LogP contribution in [0.5, 0.6) is 0 Å². The molecule has 3 aromatic rings. The van der Waals surface area contributed by atoms with E-state index in [9.17, 15) is 5.11 Å². The van der Waals surface area contributed by atoms with Crippen molar-refractivity contribution in [2.45, 2.75) is 44.2 Å². The van der Waals surface area contributed by atoms with Crippen LogP contribution in [0.4, 0.5) is 0 Å². The van der Waals surface area contributed by atoms with Crippen LogP contribution in [0.2, 0.25) is 0 Å². The highest BCUT2D eigenvalue weighted by molar-refractivity contribution is 5.16. The summed E-state index contributed by atoms with van der Waals surface area (Å²) in [5.41, 5.74) is 9.77. The molecule has 4 rings (SSSR count). The maximum atomic E-state index is 10.1. The molecule has 3 aromatic carbocycles. The van der Waals surface area contributed by atoms with Crippen LogP contribution in [0.3, 0.4) is 0 Å². The zero-order chi connectivity index (χ0) is 22.2. The van der Waals surface area contributed by atoms with Gasteiger partial charge in [0.15, 0.2) is 0 Å². The fraction of sp³-hybridized carbons (Fsp3) is 0.333. The molecule has 0 radical (unpaired) electrons. The van der Waals surface area contributed by atoms with Gasteiger partial charge in [0.25, 0.3) is 0 Å². The lowest BCUT2D eigenvalue weighted by Crippen LogP contribution is -2.42. The van der Waals surface area contributed by atoms with Gasteiger partial charge < -0.3 is 25.1 Å². The third-order valence-corrected chi connectivity index (χ3v) is 6.01. The number of hydrogen-bond acceptors (Lipinski definition) is 5. The fourth-order valence-electron chi connectivity index (χ4n) is 4.25. The summed E-state index contributed by atoms with van der Waals surface area (Å²) in [6, 6.07) is 29.6. The number of nitrogens with two attached hydrogens (primary N) is 1. The smallest absolute Gasteiger partial charge is 0.112 e. The highest BCUT2D eigenvalue weighted by atomic mass is 16.6. The van der Waals surface area contributed by atoms with E-state index < -0.39 is 18.2 Å². The number of aliphatic hydroxyl groups excluding tert-OH is 1. The number of rotatable bonds is 10. The largest absolute Gasteiger partial charge is 0.396 e. The topological polar surface area (TPSA) is 73.9 Å². The van der Waals surface area contributed by atoms with Crippen LogP contribution in [0.1, 0.15) is 16.7 Å². The second-order valence-corrected chi connectivity index (χ2v) is 8.21. The lowest BCUT2D eigenvalue weighted by molar-refractivity contribution is -0.129. The van der Waals surface area contributed by atoms with Gasteiger partial charge in [-0.3, -0.25) is 0 Å². The van der Waals surface area contributed by atoms with Crippen molar-refractivity contribution in [3.05, 3.63) is 108 Å². The van der Waals surface area contributed by atoms with Crippen LogP contribution in [-0.4, -0.2) is 36.1 Å². The quantitative estimate of drug-likeness (QED) is 0.510. The first-order chi connectivity index (χ1) is 15.8. The van der Waals surface area contributed by atoms with E-state index in [1.54, 1.807) is 0 Å². The lowest BCUT2D eigenvalue weighted by atomic mass is 10.0. The van der Waals surface area contributed by atoms with Gasteiger partial charge in [0.05, 0.1) is 32.5 Å². The molecule has 0 bridgehead atoms. The van der Waals surface area contributed by atoms with Crippen molar-refractivity contribution in [2.75, 3.05) is 6.61 Å². The van der Waals surface area contributed by atoms with Gasteiger partial charge in [-0.1, -0.05) is 91.0 Å². The predicted octanol–water partition coefficient (Wildman–Crippen LogP) is 3.69. The molecule has 0 heterocycles. The van der Waals surface area contributed by atoms with Crippen molar-refractivity contribution >= 4 is 0 Å². The first kappa shape index (κ1) is 22.6. The Morgan fingerprint density at radius 1 is 0.562 bits per heavy atom. The van der Waals surface area contributed by atoms with E-state index in [1.807, 2.05) is 91.0 Å². The van der Waals surface area contributed by atoms with Crippen LogP contribution in [-0.2, 0) is 34.0 Å². The van der Waals surface area contributed by atoms with E-state index in [2.05, 4.69) is 0 Å². The Hall–Kier alpha value is -2.54. The Labute approximate surface area is 189 Å². The van der Waals surface area contributed by atoms with E-state index in [-0.39, 0.29) is 18.6 Å². The van der Waals surface area contributed by atoms with Gasteiger partial charge in [0.1, 0.15) is 12.2 Å². The molecular formula is C27H31NO4. The summed E-state index contributed by atoms with van der Waals surface area (Å²) in [5.74, 6) is -0.278. The third kappa shape index (κ3) is 5.63. The van der Waals surface area contributed by atoms with Crippen LogP contribution >= 0.6 is 0 Å². The van der Waals surface area contributed by atoms with Gasteiger partial charge >= 0.3 is 0 Å². The Bertz CT molecular complexity index is 922. The monoisotopic (exact) mass is 433 g/mol. The van der Waals surface area contributed by atoms with Gasteiger partial charge in [0, 0.05) is 12.0 Å². The molecular weight excluding hydrogens is 402 g/mol. The predicted molar refractivity (Wildman–Crippen MR) is 124 cm³/mol. The van der Waals surface area contributed by atoms with E-state index in [0.717, 1.165) is 16.7 Å². The van der Waals surface area contributed by atoms with Gasteiger partial charge in [-0.15, -0.1) is 0 Å². The molecule has 5 atom stereocenters. The number of benzene rings is 3. The molecule has 5 heteroatoms. The zero-order valence-electron chi connectivity index (χ0n) is 18.1. The van der Waals surface area contributed by atoms with Gasteiger partial charge in [-0.25, -0.2) is 0 Å². The minimum absolute atomic E-state index is 0.0863. The maximum absolute atomic E-state index is 10.1. The minimum Gasteiger partial charge on any atom is -0.396 e. The molecule has 1 saturated carbocycles. The minimum atomic E-state index is -0.398. The van der Waals surface area contributed by atoms with Crippen LogP contribution in [0.15, 0.2) is 91.0 Å². The Balaban J connectivity index is 1.51. The van der Waals surface area contributed by atoms with Crippen LogP contribution in [0, 0.1) is 5.92 Å². The Morgan fingerprint density at radius 3 is 1.34 bits per heavy atom. The first-order valence-corrected chi connectivity index (χ1v) is 11.1. The lowest BCUT2D eigenvalue weighted by Gasteiger charge is -2.27. The van der Waals surface area contributed by atoms with E-state index in [4.69, 9.17) is 19.9 Å². The summed E-state index contributed by atoms with van der Waals surface area (Å²) in [6.45, 7) is 1.18. The van der Waals surface area contributed by atoms with E-state index in [1.165, 1.54) is 0 Å². The molecule has 0 spiro atoms. The summed E-state index contributed by atoms with van der Waals surface area (Å²) in [7, 11) is 0. The van der Waals surface area contributed by atoms with Crippen LogP contribution < -0.4 is 5.73 Å². The summed E-state index contributed by atoms with van der Waals surface area (Å²) in [4.78, 5) is 0. The molecule has 1 fully saturated rings. The first-order valence-electron chi connectivity index (χ1n) is 11.1. The number of aliphatic hydroxyl groups is 1. The molecule has 0 saturated heterocycles. The molecule has 0 aromatic heterocycles. The van der Waals surface area contributed by atoms with Crippen molar-refractivity contribution in [2.24, 2.45) is 11.7 Å². The normalized spacial score (nSPS) is 25.1. The molecule has 0 unspecified atom stereocenters. The summed E-state index contributed by atoms with van der Waals surface area (Å²) < 4.78 is 18.9. The van der Waals surface area contributed by atoms with Crippen molar-refractivity contribution in [1.82, 2.24) is 0 Å². The van der Waals surface area contributed by atoms with Crippen molar-refractivity contribution in [3.8, 4) is 0 Å². The Morgan fingerprint density at radius 2 is 0.938 bits per heavy atom. The molecule has 1 aliphatic carbocycles. The van der Waals surface area contributed by atoms with Gasteiger partial charge in [-0.05, 0) is 16.7 Å². The molecule has 32 heavy (non-hydrogen) atoms. The molecule has 5 nitrogen and oxygen atoms in total. The van der Waals surface area contributed by atoms with Crippen LogP contribution in [0.25, 0.3) is 0 Å². The highest BCUT2D eigenvalue weighted by Crippen LogP contribution is 2.34. The highest BCUT2D eigenvalue weighted by Gasteiger charge is 2.51. The fourth-order valence-corrected chi connectivity index (χ4v) is 4.25. The number of ether oxygens (including phenoxy) is 3. The average Bonchev–Trinajstić information content (AvgIpc) is 3.11. The third-order valence-electron chi connectivity index (χ3n) is 6.01. The number of hydrogen-bond donors (Lipinski definition) is 2. The summed E-state index contributed by atoms with van der Waals surface area (Å²) in [6.07, 6.45) is -1.16. The molecule has 1 aliphatic rings. The van der Waals surface area contributed by atoms with Crippen molar-refractivity contribution in [1.29, 1.82) is 0 Å². The molecule has 0 aliphatic heterocycles. The SMILES string of the molecule is N[C@@H]1[C@H](CO)[C@@H](OCc2ccccc2)[C@H](OCc2ccccc2)[C@H]1OCc1ccccc1. The maximum Gasteiger partial charge on any atom is 0.112 e. The molecule has 3 N–H and O–H groups in total. The standard InChI is InChI=1S/C27H31NO4/c28-24-23(16-29)25(30-17-20-10-4-1-5-11-20)27(32-19-22-14-8-3-9-15-22)26(24)31-18-21-12-6-2-7-13-21/h1-15,23-27,29H,16-19,28H2/t23-,24+,25+,26-,27-/m0/s1. The van der Waals surface area contributed by atoms with Gasteiger partial charge in [-0.2, -0.15) is 0 Å². The van der Waals surface area contributed by atoms with E-state index >= 15 is 0 Å². The molecule has 168 valence electrons. The van der Waals surface area contributed by atoms with Crippen molar-refractivity contribution < 1.29 is 19.3 Å². The average molecular weight is 434 g/mol.